The van der Waals surface area contributed by atoms with Gasteiger partial charge in [0.05, 0.1) is 11.6 Å². The van der Waals surface area contributed by atoms with Crippen LogP contribution in [0.1, 0.15) is 25.8 Å². The Hall–Kier alpha value is -1.29. The van der Waals surface area contributed by atoms with Gasteiger partial charge in [0.15, 0.2) is 5.96 Å². The number of halogens is 2. The number of nitrogens with zero attached hydrogens (tertiary/aromatic N) is 1. The quantitative estimate of drug-likeness (QED) is 0.639. The first-order valence-electron chi connectivity index (χ1n) is 5.96. The Kier molecular flexibility index (Phi) is 5.92. The molecule has 0 spiro atoms. The fraction of sp³-hybridized carbons (Fsp3) is 0.462. The zero-order valence-electron chi connectivity index (χ0n) is 10.7. The average Bonchev–Trinajstić information content (AvgIpc) is 2.30. The van der Waals surface area contributed by atoms with Crippen molar-refractivity contribution in [2.45, 2.75) is 26.8 Å². The first kappa shape index (κ1) is 14.8. The zero-order chi connectivity index (χ0) is 13.5. The monoisotopic (exact) mass is 271 g/mol. The molecule has 0 radical (unpaired) electrons. The topological polar surface area (TPSA) is 50.4 Å². The molecule has 0 unspecified atom stereocenters. The van der Waals surface area contributed by atoms with Crippen molar-refractivity contribution >= 4 is 17.6 Å². The highest BCUT2D eigenvalue weighted by atomic mass is 35.5. The van der Waals surface area contributed by atoms with Crippen molar-refractivity contribution in [2.24, 2.45) is 16.6 Å². The molecule has 5 heteroatoms. The molecular formula is C13H19ClFN3. The molecule has 0 aliphatic carbocycles. The van der Waals surface area contributed by atoms with E-state index in [-0.39, 0.29) is 5.02 Å². The van der Waals surface area contributed by atoms with E-state index in [1.807, 2.05) is 0 Å². The van der Waals surface area contributed by atoms with Gasteiger partial charge in [-0.15, -0.1) is 0 Å². The van der Waals surface area contributed by atoms with E-state index in [2.05, 4.69) is 24.2 Å². The molecule has 0 aliphatic heterocycles. The van der Waals surface area contributed by atoms with Gasteiger partial charge in [-0.1, -0.05) is 31.5 Å². The van der Waals surface area contributed by atoms with Crippen molar-refractivity contribution < 1.29 is 4.39 Å². The summed E-state index contributed by atoms with van der Waals surface area (Å²) in [6, 6.07) is 4.53. The third kappa shape index (κ3) is 5.36. The summed E-state index contributed by atoms with van der Waals surface area (Å²) < 4.78 is 12.9. The number of nitrogens with two attached hydrogens (primary N) is 1. The first-order valence-corrected chi connectivity index (χ1v) is 6.34. The number of rotatable bonds is 5. The molecule has 0 amide bonds. The van der Waals surface area contributed by atoms with Crippen LogP contribution in [0.2, 0.25) is 5.02 Å². The van der Waals surface area contributed by atoms with Gasteiger partial charge in [0.2, 0.25) is 0 Å². The van der Waals surface area contributed by atoms with Crippen LogP contribution in [0.3, 0.4) is 0 Å². The number of aliphatic imine (C=N–C) groups is 1. The fourth-order valence-electron chi connectivity index (χ4n) is 1.36. The van der Waals surface area contributed by atoms with Gasteiger partial charge in [0.1, 0.15) is 5.82 Å². The Bertz CT molecular complexity index is 419. The molecule has 0 saturated carbocycles. The molecular weight excluding hydrogens is 253 g/mol. The molecule has 1 rings (SSSR count). The van der Waals surface area contributed by atoms with Crippen molar-refractivity contribution in [3.8, 4) is 0 Å². The number of nitrogens with one attached hydrogen (secondary N) is 1. The van der Waals surface area contributed by atoms with Crippen LogP contribution >= 0.6 is 11.6 Å². The molecule has 1 aromatic rings. The summed E-state index contributed by atoms with van der Waals surface area (Å²) >= 11 is 5.68. The highest BCUT2D eigenvalue weighted by Crippen LogP contribution is 2.16. The second kappa shape index (κ2) is 7.21. The largest absolute Gasteiger partial charge is 0.370 e. The highest BCUT2D eigenvalue weighted by Gasteiger charge is 2.00. The molecule has 18 heavy (non-hydrogen) atoms. The third-order valence-corrected chi connectivity index (χ3v) is 2.73. The van der Waals surface area contributed by atoms with Crippen LogP contribution in [0.5, 0.6) is 0 Å². The number of benzene rings is 1. The minimum Gasteiger partial charge on any atom is -0.370 e. The standard InChI is InChI=1S/C13H19ClFN3/c1-9(2)5-6-17-13(16)18-8-10-3-4-12(15)11(14)7-10/h3-4,7,9H,5-6,8H2,1-2H3,(H3,16,17,18). The number of guanidine groups is 1. The lowest BCUT2D eigenvalue weighted by molar-refractivity contribution is 0.576. The molecule has 0 saturated heterocycles. The van der Waals surface area contributed by atoms with E-state index in [0.717, 1.165) is 18.5 Å². The minimum atomic E-state index is -0.424. The van der Waals surface area contributed by atoms with Gasteiger partial charge >= 0.3 is 0 Å². The Morgan fingerprint density at radius 1 is 1.50 bits per heavy atom. The van der Waals surface area contributed by atoms with Gasteiger partial charge in [0, 0.05) is 6.54 Å². The summed E-state index contributed by atoms with van der Waals surface area (Å²) in [5.41, 5.74) is 6.54. The van der Waals surface area contributed by atoms with Crippen LogP contribution in [0.15, 0.2) is 23.2 Å². The van der Waals surface area contributed by atoms with Crippen molar-refractivity contribution in [1.29, 1.82) is 0 Å². The Morgan fingerprint density at radius 2 is 2.22 bits per heavy atom. The number of hydrogen-bond acceptors (Lipinski definition) is 1. The lowest BCUT2D eigenvalue weighted by Crippen LogP contribution is -2.32. The predicted octanol–water partition coefficient (Wildman–Crippen LogP) is 2.93. The van der Waals surface area contributed by atoms with Gasteiger partial charge in [0.25, 0.3) is 0 Å². The van der Waals surface area contributed by atoms with Crippen LogP contribution in [0.25, 0.3) is 0 Å². The van der Waals surface area contributed by atoms with E-state index in [1.54, 1.807) is 12.1 Å². The van der Waals surface area contributed by atoms with Gasteiger partial charge in [-0.25, -0.2) is 9.38 Å². The summed E-state index contributed by atoms with van der Waals surface area (Å²) in [7, 11) is 0. The van der Waals surface area contributed by atoms with E-state index >= 15 is 0 Å². The second-order valence-electron chi connectivity index (χ2n) is 4.56. The Morgan fingerprint density at radius 3 is 2.83 bits per heavy atom. The summed E-state index contributed by atoms with van der Waals surface area (Å²) in [5, 5.41) is 3.14. The SMILES string of the molecule is CC(C)CCNC(N)=NCc1ccc(F)c(Cl)c1. The molecule has 0 bridgehead atoms. The van der Waals surface area contributed by atoms with Crippen LogP contribution in [0.4, 0.5) is 4.39 Å². The van der Waals surface area contributed by atoms with E-state index in [1.165, 1.54) is 6.07 Å². The summed E-state index contributed by atoms with van der Waals surface area (Å²) in [4.78, 5) is 4.16. The van der Waals surface area contributed by atoms with E-state index in [9.17, 15) is 4.39 Å². The molecule has 0 aromatic heterocycles. The van der Waals surface area contributed by atoms with Crippen molar-refractivity contribution in [2.75, 3.05) is 6.54 Å². The second-order valence-corrected chi connectivity index (χ2v) is 4.97. The van der Waals surface area contributed by atoms with Gasteiger partial charge < -0.3 is 11.1 Å². The Labute approximate surface area is 112 Å². The Balaban J connectivity index is 2.44. The summed E-state index contributed by atoms with van der Waals surface area (Å²) in [5.74, 6) is 0.602. The molecule has 0 aliphatic rings. The summed E-state index contributed by atoms with van der Waals surface area (Å²) in [6.07, 6.45) is 1.04. The smallest absolute Gasteiger partial charge is 0.188 e. The maximum absolute atomic E-state index is 12.9. The van der Waals surface area contributed by atoms with Crippen LogP contribution in [-0.4, -0.2) is 12.5 Å². The third-order valence-electron chi connectivity index (χ3n) is 2.44. The molecule has 1 aromatic carbocycles. The van der Waals surface area contributed by atoms with Gasteiger partial charge in [-0.3, -0.25) is 0 Å². The van der Waals surface area contributed by atoms with Gasteiger partial charge in [-0.2, -0.15) is 0 Å². The fourth-order valence-corrected chi connectivity index (χ4v) is 1.56. The maximum atomic E-state index is 12.9. The minimum absolute atomic E-state index is 0.106. The van der Waals surface area contributed by atoms with Crippen LogP contribution in [-0.2, 0) is 6.54 Å². The van der Waals surface area contributed by atoms with Crippen molar-refractivity contribution in [3.63, 3.8) is 0 Å². The summed E-state index contributed by atoms with van der Waals surface area (Å²) in [6.45, 7) is 5.49. The molecule has 100 valence electrons. The molecule has 3 nitrogen and oxygen atoms in total. The normalized spacial score (nSPS) is 11.9. The average molecular weight is 272 g/mol. The predicted molar refractivity (Wildman–Crippen MR) is 74.2 cm³/mol. The van der Waals surface area contributed by atoms with Gasteiger partial charge in [-0.05, 0) is 30.0 Å². The van der Waals surface area contributed by atoms with E-state index < -0.39 is 5.82 Å². The van der Waals surface area contributed by atoms with E-state index in [4.69, 9.17) is 17.3 Å². The zero-order valence-corrected chi connectivity index (χ0v) is 11.5. The molecule has 0 heterocycles. The first-order chi connectivity index (χ1) is 8.49. The van der Waals surface area contributed by atoms with E-state index in [0.29, 0.717) is 18.4 Å². The lowest BCUT2D eigenvalue weighted by Gasteiger charge is -2.07. The molecule has 3 N–H and O–H groups in total. The molecule has 0 atom stereocenters. The van der Waals surface area contributed by atoms with Crippen LogP contribution in [0, 0.1) is 11.7 Å². The van der Waals surface area contributed by atoms with Crippen molar-refractivity contribution in [3.05, 3.63) is 34.6 Å². The maximum Gasteiger partial charge on any atom is 0.188 e. The highest BCUT2D eigenvalue weighted by molar-refractivity contribution is 6.30. The van der Waals surface area contributed by atoms with Crippen molar-refractivity contribution in [1.82, 2.24) is 5.32 Å². The lowest BCUT2D eigenvalue weighted by atomic mass is 10.1. The molecule has 0 fully saturated rings. The van der Waals surface area contributed by atoms with Crippen LogP contribution < -0.4 is 11.1 Å². The number of hydrogen-bond donors (Lipinski definition) is 2.